The molecule has 1 aromatic carbocycles. The van der Waals surface area contributed by atoms with Gasteiger partial charge in [0.1, 0.15) is 12.1 Å². The van der Waals surface area contributed by atoms with Crippen LogP contribution in [0.1, 0.15) is 37.6 Å². The lowest BCUT2D eigenvalue weighted by atomic mass is 9.91. The van der Waals surface area contributed by atoms with Gasteiger partial charge in [-0.3, -0.25) is 19.3 Å². The van der Waals surface area contributed by atoms with Crippen molar-refractivity contribution in [3.05, 3.63) is 29.8 Å². The molecule has 1 aliphatic heterocycles. The number of imide groups is 1. The number of nitrogens with one attached hydrogen (secondary N) is 2. The Balaban J connectivity index is 2.01. The number of carbonyl (C=O) groups is 4. The van der Waals surface area contributed by atoms with Gasteiger partial charge in [-0.2, -0.15) is 0 Å². The Bertz CT molecular complexity index is 714. The minimum atomic E-state index is -0.991. The molecule has 0 saturated carbocycles. The molecule has 8 heteroatoms. The third-order valence-corrected chi connectivity index (χ3v) is 3.92. The van der Waals surface area contributed by atoms with E-state index in [1.807, 2.05) is 13.8 Å². The minimum absolute atomic E-state index is 0.215. The van der Waals surface area contributed by atoms with E-state index < -0.39 is 29.3 Å². The Morgan fingerprint density at radius 3 is 2.36 bits per heavy atom. The summed E-state index contributed by atoms with van der Waals surface area (Å²) in [6.07, 6.45) is 0.490. The molecule has 1 aliphatic rings. The van der Waals surface area contributed by atoms with Crippen LogP contribution in [0.3, 0.4) is 0 Å². The minimum Gasteiger partial charge on any atom is -0.366 e. The van der Waals surface area contributed by atoms with Crippen molar-refractivity contribution in [3.8, 4) is 0 Å². The van der Waals surface area contributed by atoms with E-state index in [0.717, 1.165) is 4.90 Å². The largest absolute Gasteiger partial charge is 0.366 e. The van der Waals surface area contributed by atoms with Crippen LogP contribution in [0, 0.1) is 5.92 Å². The van der Waals surface area contributed by atoms with E-state index in [2.05, 4.69) is 10.6 Å². The summed E-state index contributed by atoms with van der Waals surface area (Å²) in [4.78, 5) is 48.6. The van der Waals surface area contributed by atoms with Crippen molar-refractivity contribution >= 4 is 29.4 Å². The highest BCUT2D eigenvalue weighted by Gasteiger charge is 2.48. The number of benzene rings is 1. The van der Waals surface area contributed by atoms with Crippen LogP contribution in [0.25, 0.3) is 0 Å². The highest BCUT2D eigenvalue weighted by molar-refractivity contribution is 6.10. The molecule has 4 N–H and O–H groups in total. The molecule has 2 rings (SSSR count). The fourth-order valence-corrected chi connectivity index (χ4v) is 2.91. The molecule has 25 heavy (non-hydrogen) atoms. The maximum absolute atomic E-state index is 12.5. The van der Waals surface area contributed by atoms with Crippen LogP contribution in [0.4, 0.5) is 10.5 Å². The normalized spacial score (nSPS) is 19.9. The van der Waals surface area contributed by atoms with Gasteiger partial charge in [-0.15, -0.1) is 0 Å². The van der Waals surface area contributed by atoms with E-state index >= 15 is 0 Å². The molecule has 0 spiro atoms. The van der Waals surface area contributed by atoms with E-state index in [1.54, 1.807) is 6.92 Å². The van der Waals surface area contributed by atoms with Crippen LogP contribution < -0.4 is 16.4 Å². The van der Waals surface area contributed by atoms with Gasteiger partial charge < -0.3 is 16.4 Å². The Morgan fingerprint density at radius 1 is 1.24 bits per heavy atom. The number of hydrogen-bond acceptors (Lipinski definition) is 4. The molecular formula is C17H22N4O4. The lowest BCUT2D eigenvalue weighted by Crippen LogP contribution is -2.45. The summed E-state index contributed by atoms with van der Waals surface area (Å²) < 4.78 is 0. The fraction of sp³-hybridized carbons (Fsp3) is 0.412. The number of anilines is 1. The van der Waals surface area contributed by atoms with Crippen molar-refractivity contribution in [2.24, 2.45) is 11.7 Å². The average Bonchev–Trinajstić information content (AvgIpc) is 2.70. The maximum Gasteiger partial charge on any atom is 0.325 e. The van der Waals surface area contributed by atoms with Gasteiger partial charge in [0.25, 0.3) is 5.91 Å². The monoisotopic (exact) mass is 346 g/mol. The average molecular weight is 346 g/mol. The number of hydrogen-bond donors (Lipinski definition) is 3. The van der Waals surface area contributed by atoms with Crippen LogP contribution in [0.5, 0.6) is 0 Å². The van der Waals surface area contributed by atoms with Crippen molar-refractivity contribution in [1.82, 2.24) is 10.2 Å². The number of carbonyl (C=O) groups excluding carboxylic acids is 4. The smallest absolute Gasteiger partial charge is 0.325 e. The Labute approximate surface area is 145 Å². The number of nitrogens with two attached hydrogens (primary N) is 1. The number of nitrogens with zero attached hydrogens (tertiary/aromatic N) is 1. The van der Waals surface area contributed by atoms with Gasteiger partial charge in [0, 0.05) is 11.3 Å². The van der Waals surface area contributed by atoms with E-state index in [9.17, 15) is 19.2 Å². The summed E-state index contributed by atoms with van der Waals surface area (Å²) in [5, 5.41) is 5.24. The first kappa shape index (κ1) is 18.4. The first-order valence-corrected chi connectivity index (χ1v) is 7.96. The molecule has 0 aromatic heterocycles. The summed E-state index contributed by atoms with van der Waals surface area (Å²) in [5.74, 6) is -1.28. The van der Waals surface area contributed by atoms with Gasteiger partial charge in [-0.05, 0) is 43.5 Å². The summed E-state index contributed by atoms with van der Waals surface area (Å²) in [6.45, 7) is 5.19. The van der Waals surface area contributed by atoms with E-state index in [4.69, 9.17) is 5.73 Å². The lowest BCUT2D eigenvalue weighted by molar-refractivity contribution is -0.133. The second kappa shape index (κ2) is 6.92. The zero-order valence-corrected chi connectivity index (χ0v) is 14.5. The second-order valence-electron chi connectivity index (χ2n) is 6.74. The Hall–Kier alpha value is -2.90. The Kier molecular flexibility index (Phi) is 5.10. The quantitative estimate of drug-likeness (QED) is 0.667. The molecule has 0 radical (unpaired) electrons. The van der Waals surface area contributed by atoms with Crippen LogP contribution in [0.2, 0.25) is 0 Å². The third kappa shape index (κ3) is 4.14. The van der Waals surface area contributed by atoms with Crippen LogP contribution in [0.15, 0.2) is 24.3 Å². The van der Waals surface area contributed by atoms with Crippen molar-refractivity contribution in [2.45, 2.75) is 32.7 Å². The van der Waals surface area contributed by atoms with E-state index in [1.165, 1.54) is 24.3 Å². The van der Waals surface area contributed by atoms with Gasteiger partial charge in [0.2, 0.25) is 11.8 Å². The molecule has 1 atom stereocenters. The van der Waals surface area contributed by atoms with E-state index in [-0.39, 0.29) is 12.5 Å². The van der Waals surface area contributed by atoms with Gasteiger partial charge >= 0.3 is 6.03 Å². The van der Waals surface area contributed by atoms with Crippen molar-refractivity contribution in [2.75, 3.05) is 11.9 Å². The molecule has 134 valence electrons. The number of primary amides is 1. The molecule has 0 bridgehead atoms. The molecule has 8 nitrogen and oxygen atoms in total. The van der Waals surface area contributed by atoms with Crippen LogP contribution in [-0.4, -0.2) is 40.7 Å². The first-order chi connectivity index (χ1) is 11.6. The highest BCUT2D eigenvalue weighted by Crippen LogP contribution is 2.24. The summed E-state index contributed by atoms with van der Waals surface area (Å²) in [7, 11) is 0. The predicted octanol–water partition coefficient (Wildman–Crippen LogP) is 1.08. The van der Waals surface area contributed by atoms with Gasteiger partial charge in [-0.25, -0.2) is 4.79 Å². The first-order valence-electron chi connectivity index (χ1n) is 7.96. The maximum atomic E-state index is 12.5. The Morgan fingerprint density at radius 2 is 1.84 bits per heavy atom. The second-order valence-corrected chi connectivity index (χ2v) is 6.74. The topological polar surface area (TPSA) is 122 Å². The van der Waals surface area contributed by atoms with Crippen LogP contribution >= 0.6 is 0 Å². The molecule has 0 unspecified atom stereocenters. The zero-order chi connectivity index (χ0) is 18.8. The molecule has 1 saturated heterocycles. The molecule has 1 fully saturated rings. The standard InChI is InChI=1S/C17H22N4O4/c1-10(2)8-17(3)15(24)21(16(25)20-17)9-13(22)19-12-6-4-11(5-7-12)14(18)23/h4-7,10H,8-9H2,1-3H3,(H2,18,23)(H,19,22)(H,20,25)/t17-/m0/s1. The highest BCUT2D eigenvalue weighted by atomic mass is 16.2. The number of amides is 5. The van der Waals surface area contributed by atoms with E-state index in [0.29, 0.717) is 17.7 Å². The van der Waals surface area contributed by atoms with Crippen molar-refractivity contribution in [3.63, 3.8) is 0 Å². The fourth-order valence-electron chi connectivity index (χ4n) is 2.91. The van der Waals surface area contributed by atoms with Crippen LogP contribution in [-0.2, 0) is 9.59 Å². The third-order valence-electron chi connectivity index (χ3n) is 3.92. The molecule has 5 amide bonds. The van der Waals surface area contributed by atoms with Gasteiger partial charge in [0.15, 0.2) is 0 Å². The van der Waals surface area contributed by atoms with Crippen molar-refractivity contribution < 1.29 is 19.2 Å². The van der Waals surface area contributed by atoms with Crippen molar-refractivity contribution in [1.29, 1.82) is 0 Å². The summed E-state index contributed by atoms with van der Waals surface area (Å²) in [6, 6.07) is 5.42. The zero-order valence-electron chi connectivity index (χ0n) is 14.5. The lowest BCUT2D eigenvalue weighted by Gasteiger charge is -2.23. The summed E-state index contributed by atoms with van der Waals surface area (Å²) in [5.41, 5.74) is 4.91. The molecule has 1 heterocycles. The predicted molar refractivity (Wildman–Crippen MR) is 91.7 cm³/mol. The SMILES string of the molecule is CC(C)C[C@]1(C)NC(=O)N(CC(=O)Nc2ccc(C(N)=O)cc2)C1=O. The number of urea groups is 1. The molecule has 0 aliphatic carbocycles. The van der Waals surface area contributed by atoms with Gasteiger partial charge in [0.05, 0.1) is 0 Å². The van der Waals surface area contributed by atoms with Gasteiger partial charge in [-0.1, -0.05) is 13.8 Å². The number of rotatable bonds is 6. The molecular weight excluding hydrogens is 324 g/mol. The summed E-state index contributed by atoms with van der Waals surface area (Å²) >= 11 is 0. The molecule has 1 aromatic rings.